The summed E-state index contributed by atoms with van der Waals surface area (Å²) >= 11 is 5.61. The third kappa shape index (κ3) is 3.30. The Balaban J connectivity index is 1.41. The number of nitrogens with one attached hydrogen (secondary N) is 2. The molecule has 4 fully saturated rings. The first-order chi connectivity index (χ1) is 15.2. The second-order valence-electron chi connectivity index (χ2n) is 11.9. The number of benzene rings is 1. The van der Waals surface area contributed by atoms with Gasteiger partial charge in [-0.05, 0) is 91.3 Å². The van der Waals surface area contributed by atoms with Crippen molar-refractivity contribution in [2.75, 3.05) is 0 Å². The molecule has 4 aliphatic rings. The molecule has 2 aromatic heterocycles. The smallest absolute Gasteiger partial charge is 0.269 e. The highest BCUT2D eigenvalue weighted by Crippen LogP contribution is 2.61. The first-order valence-corrected chi connectivity index (χ1v) is 12.4. The normalized spacial score (nSPS) is 29.2. The van der Waals surface area contributed by atoms with E-state index in [2.05, 4.69) is 55.1 Å². The summed E-state index contributed by atoms with van der Waals surface area (Å²) in [6.07, 6.45) is 8.87. The third-order valence-electron chi connectivity index (χ3n) is 8.36. The van der Waals surface area contributed by atoms with Crippen molar-refractivity contribution in [3.8, 4) is 11.4 Å². The molecule has 5 nitrogen and oxygen atoms in total. The van der Waals surface area contributed by atoms with E-state index in [1.807, 2.05) is 0 Å². The van der Waals surface area contributed by atoms with Gasteiger partial charge < -0.3 is 4.98 Å². The second kappa shape index (κ2) is 6.89. The number of H-pyrrole nitrogens is 2. The molecule has 2 N–H and O–H groups in total. The maximum absolute atomic E-state index is 13.0. The molecular formula is C26H32N4OS. The van der Waals surface area contributed by atoms with Gasteiger partial charge in [-0.2, -0.15) is 0 Å². The Morgan fingerprint density at radius 1 is 1.06 bits per heavy atom. The molecule has 1 aromatic carbocycles. The van der Waals surface area contributed by atoms with Gasteiger partial charge in [0.25, 0.3) is 5.56 Å². The lowest BCUT2D eigenvalue weighted by Crippen LogP contribution is -2.47. The number of hydrogen-bond donors (Lipinski definition) is 2. The summed E-state index contributed by atoms with van der Waals surface area (Å²) in [6, 6.07) is 8.48. The van der Waals surface area contributed by atoms with Crippen LogP contribution in [0.25, 0.3) is 17.0 Å². The van der Waals surface area contributed by atoms with Crippen molar-refractivity contribution < 1.29 is 0 Å². The van der Waals surface area contributed by atoms with Crippen LogP contribution in [-0.4, -0.2) is 19.6 Å². The highest BCUT2D eigenvalue weighted by atomic mass is 32.1. The fraction of sp³-hybridized carbons (Fsp3) is 0.577. The Bertz CT molecular complexity index is 1270. The Morgan fingerprint density at radius 3 is 2.22 bits per heavy atom. The van der Waals surface area contributed by atoms with E-state index < -0.39 is 0 Å². The van der Waals surface area contributed by atoms with Crippen LogP contribution >= 0.6 is 12.2 Å². The zero-order chi connectivity index (χ0) is 22.3. The maximum Gasteiger partial charge on any atom is 0.269 e. The lowest BCUT2D eigenvalue weighted by molar-refractivity contribution is -0.0521. The minimum absolute atomic E-state index is 0.0343. The molecular weight excluding hydrogens is 416 g/mol. The molecule has 0 saturated heterocycles. The van der Waals surface area contributed by atoms with E-state index in [-0.39, 0.29) is 16.4 Å². The highest BCUT2D eigenvalue weighted by molar-refractivity contribution is 7.71. The van der Waals surface area contributed by atoms with E-state index in [9.17, 15) is 4.79 Å². The summed E-state index contributed by atoms with van der Waals surface area (Å²) < 4.78 is 2.15. The monoisotopic (exact) mass is 448 g/mol. The summed E-state index contributed by atoms with van der Waals surface area (Å²) in [7, 11) is 0. The first kappa shape index (κ1) is 20.4. The Hall–Kier alpha value is -2.21. The van der Waals surface area contributed by atoms with E-state index in [1.54, 1.807) is 4.52 Å². The lowest BCUT2D eigenvalue weighted by atomic mass is 9.48. The number of fused-ring (bicyclic) bond motifs is 1. The second-order valence-corrected chi connectivity index (χ2v) is 12.3. The van der Waals surface area contributed by atoms with Crippen LogP contribution in [0.3, 0.4) is 0 Å². The summed E-state index contributed by atoms with van der Waals surface area (Å²) in [5.41, 5.74) is 4.13. The van der Waals surface area contributed by atoms with Crippen molar-refractivity contribution in [1.29, 1.82) is 0 Å². The average molecular weight is 449 g/mol. The minimum atomic E-state index is -0.0343. The largest absolute Gasteiger partial charge is 0.315 e. The number of hydrogen-bond acceptors (Lipinski definition) is 3. The van der Waals surface area contributed by atoms with Gasteiger partial charge in [-0.25, -0.2) is 9.50 Å². The molecule has 4 bridgehead atoms. The molecule has 32 heavy (non-hydrogen) atoms. The number of rotatable bonds is 3. The predicted molar refractivity (Wildman–Crippen MR) is 129 cm³/mol. The van der Waals surface area contributed by atoms with E-state index in [1.165, 1.54) is 44.1 Å². The lowest BCUT2D eigenvalue weighted by Gasteiger charge is -2.57. The topological polar surface area (TPSA) is 65.9 Å². The van der Waals surface area contributed by atoms with Crippen LogP contribution in [0.4, 0.5) is 0 Å². The SMILES string of the molecule is CC(C)(C)c1ccc(-c2nc3c(CC45CC6CC(CC(C6)C4)C5)c(=O)[nH]n3c(=S)[nH]2)cc1. The van der Waals surface area contributed by atoms with Crippen LogP contribution in [0.1, 0.15) is 70.4 Å². The first-order valence-electron chi connectivity index (χ1n) is 12.0. The van der Waals surface area contributed by atoms with Crippen molar-refractivity contribution in [2.45, 2.75) is 71.1 Å². The van der Waals surface area contributed by atoms with Crippen molar-refractivity contribution in [1.82, 2.24) is 19.6 Å². The fourth-order valence-corrected chi connectivity index (χ4v) is 7.55. The van der Waals surface area contributed by atoms with Crippen LogP contribution in [0.2, 0.25) is 0 Å². The van der Waals surface area contributed by atoms with Crippen molar-refractivity contribution in [2.24, 2.45) is 23.2 Å². The van der Waals surface area contributed by atoms with Crippen molar-refractivity contribution in [3.05, 3.63) is 50.5 Å². The van der Waals surface area contributed by atoms with Gasteiger partial charge in [0.1, 0.15) is 5.82 Å². The van der Waals surface area contributed by atoms with E-state index in [0.29, 0.717) is 10.4 Å². The van der Waals surface area contributed by atoms with Gasteiger partial charge in [0.15, 0.2) is 10.4 Å². The van der Waals surface area contributed by atoms with E-state index in [4.69, 9.17) is 17.2 Å². The average Bonchev–Trinajstić information content (AvgIpc) is 3.02. The van der Waals surface area contributed by atoms with Crippen LogP contribution in [0.15, 0.2) is 29.1 Å². The predicted octanol–water partition coefficient (Wildman–Crippen LogP) is 5.80. The molecule has 4 aliphatic carbocycles. The molecule has 0 atom stereocenters. The van der Waals surface area contributed by atoms with E-state index >= 15 is 0 Å². The van der Waals surface area contributed by atoms with Gasteiger partial charge in [-0.1, -0.05) is 45.0 Å². The summed E-state index contributed by atoms with van der Waals surface area (Å²) in [4.78, 5) is 21.2. The Morgan fingerprint density at radius 2 is 1.66 bits per heavy atom. The van der Waals surface area contributed by atoms with Crippen LogP contribution in [0, 0.1) is 27.9 Å². The van der Waals surface area contributed by atoms with Gasteiger partial charge in [0.2, 0.25) is 0 Å². The van der Waals surface area contributed by atoms with Gasteiger partial charge in [-0.15, -0.1) is 0 Å². The van der Waals surface area contributed by atoms with Crippen LogP contribution < -0.4 is 5.56 Å². The van der Waals surface area contributed by atoms with Crippen LogP contribution in [0.5, 0.6) is 0 Å². The van der Waals surface area contributed by atoms with Crippen molar-refractivity contribution >= 4 is 17.9 Å². The van der Waals surface area contributed by atoms with Crippen molar-refractivity contribution in [3.63, 3.8) is 0 Å². The molecule has 0 aliphatic heterocycles. The Labute approximate surface area is 193 Å². The van der Waals surface area contributed by atoms with E-state index in [0.717, 1.165) is 41.1 Å². The minimum Gasteiger partial charge on any atom is -0.315 e. The number of nitrogens with zero attached hydrogens (tertiary/aromatic N) is 2. The zero-order valence-corrected chi connectivity index (χ0v) is 20.0. The zero-order valence-electron chi connectivity index (χ0n) is 19.2. The molecule has 0 amide bonds. The number of aromatic nitrogens is 4. The molecule has 4 saturated carbocycles. The summed E-state index contributed by atoms with van der Waals surface area (Å²) in [5, 5.41) is 2.95. The molecule has 2 heterocycles. The molecule has 168 valence electrons. The number of aromatic amines is 2. The molecule has 6 heteroatoms. The fourth-order valence-electron chi connectivity index (χ4n) is 7.32. The maximum atomic E-state index is 13.0. The van der Waals surface area contributed by atoms with Gasteiger partial charge in [0, 0.05) is 5.56 Å². The van der Waals surface area contributed by atoms with Gasteiger partial charge in [0.05, 0.1) is 5.56 Å². The summed E-state index contributed by atoms with van der Waals surface area (Å²) in [5.74, 6) is 3.31. The van der Waals surface area contributed by atoms with Crippen LogP contribution in [-0.2, 0) is 11.8 Å². The van der Waals surface area contributed by atoms with Gasteiger partial charge >= 0.3 is 0 Å². The quantitative estimate of drug-likeness (QED) is 0.497. The molecule has 0 unspecified atom stereocenters. The standard InChI is InChI=1S/C26H32N4OS/c1-25(2,3)19-6-4-18(5-7-19)21-27-22-20(23(31)29-30(22)24(32)28-21)14-26-11-15-8-16(12-26)10-17(9-15)13-26/h4-7,15-17H,8-14H2,1-3H3,(H,29,31)(H,27,28,32). The molecule has 0 spiro atoms. The summed E-state index contributed by atoms with van der Waals surface area (Å²) in [6.45, 7) is 6.63. The third-order valence-corrected chi connectivity index (χ3v) is 8.64. The molecule has 0 radical (unpaired) electrons. The highest BCUT2D eigenvalue weighted by Gasteiger charge is 2.51. The molecule has 7 rings (SSSR count). The van der Waals surface area contributed by atoms with Gasteiger partial charge in [-0.3, -0.25) is 9.89 Å². The molecule has 3 aromatic rings. The Kier molecular flexibility index (Phi) is 4.40.